The second-order valence-electron chi connectivity index (χ2n) is 7.30. The first-order valence-electron chi connectivity index (χ1n) is 7.77. The Morgan fingerprint density at radius 3 is 2.65 bits per heavy atom. The minimum Gasteiger partial charge on any atom is -0.459 e. The van der Waals surface area contributed by atoms with E-state index in [0.717, 1.165) is 31.3 Å². The summed E-state index contributed by atoms with van der Waals surface area (Å²) in [4.78, 5) is 11.5. The number of carbonyl (C=O) groups is 1. The van der Waals surface area contributed by atoms with E-state index in [0.29, 0.717) is 12.3 Å². The van der Waals surface area contributed by atoms with Gasteiger partial charge in [0.25, 0.3) is 0 Å². The molecule has 3 nitrogen and oxygen atoms in total. The van der Waals surface area contributed by atoms with Gasteiger partial charge in [0.1, 0.15) is 5.60 Å². The van der Waals surface area contributed by atoms with E-state index in [2.05, 4.69) is 20.4 Å². The van der Waals surface area contributed by atoms with Gasteiger partial charge in [-0.2, -0.15) is 0 Å². The van der Waals surface area contributed by atoms with Crippen LogP contribution in [0, 0.1) is 17.8 Å². The summed E-state index contributed by atoms with van der Waals surface area (Å²) in [6.45, 7) is 11.9. The van der Waals surface area contributed by atoms with Crippen molar-refractivity contribution in [1.29, 1.82) is 0 Å². The van der Waals surface area contributed by atoms with Crippen molar-refractivity contribution in [3.8, 4) is 0 Å². The van der Waals surface area contributed by atoms with Crippen molar-refractivity contribution >= 4 is 5.97 Å². The fourth-order valence-electron chi connectivity index (χ4n) is 4.66. The predicted molar refractivity (Wildman–Crippen MR) is 79.2 cm³/mol. The molecule has 0 spiro atoms. The molecule has 0 saturated heterocycles. The number of esters is 1. The van der Waals surface area contributed by atoms with Gasteiger partial charge in [-0.3, -0.25) is 4.79 Å². The molecular formula is C17H28O3. The third-order valence-electron chi connectivity index (χ3n) is 5.44. The molecule has 2 aliphatic carbocycles. The first-order chi connectivity index (χ1) is 9.19. The largest absolute Gasteiger partial charge is 0.459 e. The van der Waals surface area contributed by atoms with E-state index in [9.17, 15) is 9.90 Å². The number of rotatable bonds is 2. The third-order valence-corrected chi connectivity index (χ3v) is 5.44. The maximum absolute atomic E-state index is 11.5. The predicted octanol–water partition coefficient (Wildman–Crippen LogP) is 3.46. The molecule has 1 unspecified atom stereocenters. The first kappa shape index (κ1) is 15.6. The lowest BCUT2D eigenvalue weighted by Gasteiger charge is -2.57. The number of aliphatic hydroxyl groups is 1. The lowest BCUT2D eigenvalue weighted by molar-refractivity contribution is -0.215. The molecule has 0 radical (unpaired) electrons. The van der Waals surface area contributed by atoms with Gasteiger partial charge < -0.3 is 9.84 Å². The van der Waals surface area contributed by atoms with Crippen LogP contribution in [0.5, 0.6) is 0 Å². The molecule has 3 heteroatoms. The van der Waals surface area contributed by atoms with Gasteiger partial charge in [0.15, 0.2) is 0 Å². The summed E-state index contributed by atoms with van der Waals surface area (Å²) in [5, 5.41) is 11.4. The molecule has 0 aliphatic heterocycles. The molecular weight excluding hydrogens is 252 g/mol. The number of ether oxygens (including phenoxy) is 1. The van der Waals surface area contributed by atoms with Gasteiger partial charge >= 0.3 is 5.97 Å². The Labute approximate surface area is 122 Å². The molecule has 20 heavy (non-hydrogen) atoms. The highest BCUT2D eigenvalue weighted by atomic mass is 16.6. The first-order valence-corrected chi connectivity index (χ1v) is 7.77. The Morgan fingerprint density at radius 2 is 2.10 bits per heavy atom. The van der Waals surface area contributed by atoms with Crippen LogP contribution in [-0.4, -0.2) is 22.3 Å². The lowest BCUT2D eigenvalue weighted by Crippen LogP contribution is -2.62. The molecule has 0 aromatic rings. The number of carbonyl (C=O) groups excluding carboxylic acids is 1. The maximum Gasteiger partial charge on any atom is 0.303 e. The number of hydrogen-bond acceptors (Lipinski definition) is 3. The Balaban J connectivity index is 2.36. The molecule has 1 N–H and O–H groups in total. The van der Waals surface area contributed by atoms with Crippen molar-refractivity contribution in [3.05, 3.63) is 12.2 Å². The van der Waals surface area contributed by atoms with Gasteiger partial charge in [0.05, 0.1) is 5.60 Å². The third kappa shape index (κ3) is 2.52. The van der Waals surface area contributed by atoms with Gasteiger partial charge in [-0.25, -0.2) is 0 Å². The normalized spacial score (nSPS) is 41.4. The molecule has 0 heterocycles. The van der Waals surface area contributed by atoms with Crippen LogP contribution in [0.2, 0.25) is 0 Å². The molecule has 0 amide bonds. The number of hydrogen-bond donors (Lipinski definition) is 1. The zero-order valence-electron chi connectivity index (χ0n) is 13.2. The summed E-state index contributed by atoms with van der Waals surface area (Å²) in [5.41, 5.74) is -0.181. The molecule has 0 aromatic carbocycles. The summed E-state index contributed by atoms with van der Waals surface area (Å²) in [5.74, 6) is 0.455. The standard InChI is InChI=1S/C17H28O3/c1-11(2)14-8-9-16(5,20-13(4)18)15-7-6-12(3)10-17(14,15)19/h11,14-15,19H,3,6-10H2,1-2,4-5H3/t14?,15-,16+,17+/m0/s1. The van der Waals surface area contributed by atoms with E-state index in [4.69, 9.17) is 4.74 Å². The molecule has 2 aliphatic rings. The highest BCUT2D eigenvalue weighted by Gasteiger charge is 2.58. The number of fused-ring (bicyclic) bond motifs is 1. The second-order valence-corrected chi connectivity index (χ2v) is 7.30. The van der Waals surface area contributed by atoms with Crippen LogP contribution in [0.1, 0.15) is 59.8 Å². The zero-order chi connectivity index (χ0) is 15.1. The van der Waals surface area contributed by atoms with E-state index in [1.54, 1.807) is 0 Å². The molecule has 114 valence electrons. The Kier molecular flexibility index (Phi) is 4.03. The average Bonchev–Trinajstić information content (AvgIpc) is 2.25. The Hall–Kier alpha value is -0.830. The zero-order valence-corrected chi connectivity index (χ0v) is 13.2. The fraction of sp³-hybridized carbons (Fsp3) is 0.824. The summed E-state index contributed by atoms with van der Waals surface area (Å²) < 4.78 is 5.65. The minimum atomic E-state index is -0.772. The van der Waals surface area contributed by atoms with Crippen LogP contribution in [0.4, 0.5) is 0 Å². The van der Waals surface area contributed by atoms with Gasteiger partial charge in [-0.1, -0.05) is 26.0 Å². The van der Waals surface area contributed by atoms with Gasteiger partial charge in [-0.05, 0) is 50.9 Å². The van der Waals surface area contributed by atoms with Crippen molar-refractivity contribution in [3.63, 3.8) is 0 Å². The summed E-state index contributed by atoms with van der Waals surface area (Å²) in [7, 11) is 0. The van der Waals surface area contributed by atoms with Crippen molar-refractivity contribution in [2.24, 2.45) is 17.8 Å². The van der Waals surface area contributed by atoms with Crippen molar-refractivity contribution < 1.29 is 14.6 Å². The minimum absolute atomic E-state index is 0.0190. The van der Waals surface area contributed by atoms with E-state index in [1.807, 2.05) is 6.92 Å². The summed E-state index contributed by atoms with van der Waals surface area (Å²) >= 11 is 0. The van der Waals surface area contributed by atoms with Crippen LogP contribution in [-0.2, 0) is 9.53 Å². The van der Waals surface area contributed by atoms with Gasteiger partial charge in [-0.15, -0.1) is 0 Å². The molecule has 2 fully saturated rings. The van der Waals surface area contributed by atoms with Crippen LogP contribution in [0.3, 0.4) is 0 Å². The van der Waals surface area contributed by atoms with Gasteiger partial charge in [0, 0.05) is 12.8 Å². The highest BCUT2D eigenvalue weighted by Crippen LogP contribution is 2.55. The molecule has 0 bridgehead atoms. The topological polar surface area (TPSA) is 46.5 Å². The van der Waals surface area contributed by atoms with Crippen molar-refractivity contribution in [2.75, 3.05) is 0 Å². The molecule has 2 saturated carbocycles. The van der Waals surface area contributed by atoms with E-state index >= 15 is 0 Å². The van der Waals surface area contributed by atoms with Crippen LogP contribution >= 0.6 is 0 Å². The summed E-state index contributed by atoms with van der Waals surface area (Å²) in [6.07, 6.45) is 4.19. The quantitative estimate of drug-likeness (QED) is 0.622. The molecule has 0 aromatic heterocycles. The smallest absolute Gasteiger partial charge is 0.303 e. The lowest BCUT2D eigenvalue weighted by atomic mass is 9.54. The van der Waals surface area contributed by atoms with E-state index in [1.165, 1.54) is 6.92 Å². The van der Waals surface area contributed by atoms with Crippen molar-refractivity contribution in [1.82, 2.24) is 0 Å². The van der Waals surface area contributed by atoms with Crippen LogP contribution < -0.4 is 0 Å². The SMILES string of the molecule is C=C1CC[C@H]2[C@](C)(OC(C)=O)CCC(C(C)C)[C@]2(O)C1. The Morgan fingerprint density at radius 1 is 1.45 bits per heavy atom. The van der Waals surface area contributed by atoms with E-state index in [-0.39, 0.29) is 17.8 Å². The fourth-order valence-corrected chi connectivity index (χ4v) is 4.66. The monoisotopic (exact) mass is 280 g/mol. The van der Waals surface area contributed by atoms with Gasteiger partial charge in [0.2, 0.25) is 0 Å². The Bertz CT molecular complexity index is 414. The highest BCUT2D eigenvalue weighted by molar-refractivity contribution is 5.66. The molecule has 4 atom stereocenters. The molecule has 2 rings (SSSR count). The average molecular weight is 280 g/mol. The summed E-state index contributed by atoms with van der Waals surface area (Å²) in [6, 6.07) is 0. The van der Waals surface area contributed by atoms with Crippen molar-refractivity contribution in [2.45, 2.75) is 71.0 Å². The second kappa shape index (κ2) is 5.18. The van der Waals surface area contributed by atoms with Crippen LogP contribution in [0.15, 0.2) is 12.2 Å². The maximum atomic E-state index is 11.5. The van der Waals surface area contributed by atoms with E-state index < -0.39 is 11.2 Å². The van der Waals surface area contributed by atoms with Crippen LogP contribution in [0.25, 0.3) is 0 Å².